The number of rotatable bonds is 6. The number of carbonyl (C=O) groups is 4. The number of likely N-dealkylation sites (N-methyl/N-ethyl adjacent to an activating group) is 1. The van der Waals surface area contributed by atoms with Gasteiger partial charge in [-0.25, -0.2) is 4.79 Å². The second-order valence-corrected chi connectivity index (χ2v) is 7.56. The Hall–Kier alpha value is -4.34. The van der Waals surface area contributed by atoms with Gasteiger partial charge in [0.2, 0.25) is 6.79 Å². The lowest BCUT2D eigenvalue weighted by Gasteiger charge is -2.25. The summed E-state index contributed by atoms with van der Waals surface area (Å²) in [6, 6.07) is 9.40. The number of hydrogen-bond acceptors (Lipinski definition) is 6. The summed E-state index contributed by atoms with van der Waals surface area (Å²) in [5, 5.41) is 14.3. The number of nitrogens with zero attached hydrogens (tertiary/aromatic N) is 1. The van der Waals surface area contributed by atoms with Crippen molar-refractivity contribution in [3.8, 4) is 22.6 Å². The van der Waals surface area contributed by atoms with Crippen LogP contribution in [0.3, 0.4) is 0 Å². The molecule has 0 fully saturated rings. The molecule has 10 nitrogen and oxygen atoms in total. The third-order valence-corrected chi connectivity index (χ3v) is 5.30. The molecule has 2 atom stereocenters. The number of carboxylic acid groups (broad SMARTS) is 1. The first-order valence-corrected chi connectivity index (χ1v) is 10.1. The highest BCUT2D eigenvalue weighted by molar-refractivity contribution is 6.14. The van der Waals surface area contributed by atoms with Crippen LogP contribution in [0.15, 0.2) is 54.7 Å². The van der Waals surface area contributed by atoms with Crippen LogP contribution in [0.4, 0.5) is 4.79 Å². The van der Waals surface area contributed by atoms with Crippen LogP contribution in [0.2, 0.25) is 0 Å². The summed E-state index contributed by atoms with van der Waals surface area (Å²) in [4.78, 5) is 49.4. The fraction of sp³-hybridized carbons (Fsp3) is 0.217. The summed E-state index contributed by atoms with van der Waals surface area (Å²) in [5.74, 6) is -1.02. The molecular weight excluding hydrogens is 430 g/mol. The fourth-order valence-corrected chi connectivity index (χ4v) is 3.58. The molecule has 3 N–H and O–H groups in total. The van der Waals surface area contributed by atoms with Gasteiger partial charge >= 0.3 is 12.0 Å². The Kier molecular flexibility index (Phi) is 5.99. The zero-order chi connectivity index (χ0) is 23.5. The summed E-state index contributed by atoms with van der Waals surface area (Å²) < 4.78 is 10.7. The summed E-state index contributed by atoms with van der Waals surface area (Å²) in [7, 11) is 1.46. The molecule has 2 heterocycles. The van der Waals surface area contributed by atoms with E-state index in [0.717, 1.165) is 11.1 Å². The van der Waals surface area contributed by atoms with Crippen molar-refractivity contribution >= 4 is 23.7 Å². The molecule has 170 valence electrons. The molecule has 3 amide bonds. The molecule has 2 aliphatic heterocycles. The topological polar surface area (TPSA) is 134 Å². The molecule has 0 bridgehead atoms. The molecule has 0 radical (unpaired) electrons. The van der Waals surface area contributed by atoms with Crippen LogP contribution in [-0.4, -0.2) is 53.6 Å². The Morgan fingerprint density at radius 3 is 2.67 bits per heavy atom. The van der Waals surface area contributed by atoms with Crippen molar-refractivity contribution in [2.45, 2.75) is 18.5 Å². The normalized spacial score (nSPS) is 17.6. The molecule has 33 heavy (non-hydrogen) atoms. The number of fused-ring (bicyclic) bond motifs is 1. The number of ketones is 1. The van der Waals surface area contributed by atoms with Gasteiger partial charge < -0.3 is 30.1 Å². The third-order valence-electron chi connectivity index (χ3n) is 5.30. The Labute approximate surface area is 188 Å². The molecule has 4 rings (SSSR count). The lowest BCUT2D eigenvalue weighted by Crippen LogP contribution is -2.55. The molecule has 10 heteroatoms. The SMILES string of the molecule is CN1C=CC(=O)C(NC(=O)NC(CC(=O)O)c2cccc(-c3ccc4c(c3)OCO4)c2)C1=O. The van der Waals surface area contributed by atoms with Crippen LogP contribution in [0.5, 0.6) is 11.5 Å². The molecule has 0 saturated carbocycles. The first kappa shape index (κ1) is 21.9. The van der Waals surface area contributed by atoms with Gasteiger partial charge in [0.15, 0.2) is 23.3 Å². The third kappa shape index (κ3) is 4.79. The maximum absolute atomic E-state index is 12.6. The van der Waals surface area contributed by atoms with Gasteiger partial charge in [-0.05, 0) is 34.9 Å². The van der Waals surface area contributed by atoms with Gasteiger partial charge in [0.1, 0.15) is 0 Å². The zero-order valence-corrected chi connectivity index (χ0v) is 17.6. The number of amides is 3. The highest BCUT2D eigenvalue weighted by atomic mass is 16.7. The van der Waals surface area contributed by atoms with Crippen molar-refractivity contribution < 1.29 is 33.8 Å². The highest BCUT2D eigenvalue weighted by Crippen LogP contribution is 2.36. The van der Waals surface area contributed by atoms with E-state index in [0.29, 0.717) is 17.1 Å². The monoisotopic (exact) mass is 451 g/mol. The molecular formula is C23H21N3O7. The van der Waals surface area contributed by atoms with Crippen molar-refractivity contribution in [1.29, 1.82) is 0 Å². The second-order valence-electron chi connectivity index (χ2n) is 7.56. The Morgan fingerprint density at radius 2 is 1.88 bits per heavy atom. The molecule has 0 aromatic heterocycles. The van der Waals surface area contributed by atoms with Crippen molar-refractivity contribution in [2.75, 3.05) is 13.8 Å². The molecule has 2 unspecified atom stereocenters. The van der Waals surface area contributed by atoms with E-state index in [2.05, 4.69) is 10.6 Å². The predicted octanol–water partition coefficient (Wildman–Crippen LogP) is 1.82. The van der Waals surface area contributed by atoms with Gasteiger partial charge in [0.25, 0.3) is 5.91 Å². The van der Waals surface area contributed by atoms with Crippen LogP contribution in [0.1, 0.15) is 18.0 Å². The van der Waals surface area contributed by atoms with E-state index in [1.54, 1.807) is 24.3 Å². The maximum Gasteiger partial charge on any atom is 0.316 e. The Balaban J connectivity index is 1.54. The smallest absolute Gasteiger partial charge is 0.316 e. The Bertz CT molecular complexity index is 1160. The fourth-order valence-electron chi connectivity index (χ4n) is 3.58. The minimum absolute atomic E-state index is 0.149. The van der Waals surface area contributed by atoms with E-state index in [4.69, 9.17) is 9.47 Å². The van der Waals surface area contributed by atoms with E-state index < -0.39 is 42.2 Å². The summed E-state index contributed by atoms with van der Waals surface area (Å²) in [6.45, 7) is 0.149. The number of carbonyl (C=O) groups excluding carboxylic acids is 3. The molecule has 0 saturated heterocycles. The lowest BCUT2D eigenvalue weighted by atomic mass is 9.97. The van der Waals surface area contributed by atoms with E-state index in [9.17, 15) is 24.3 Å². The van der Waals surface area contributed by atoms with Gasteiger partial charge in [-0.1, -0.05) is 24.3 Å². The number of urea groups is 1. The van der Waals surface area contributed by atoms with E-state index in [-0.39, 0.29) is 6.79 Å². The number of ether oxygens (including phenoxy) is 2. The van der Waals surface area contributed by atoms with Crippen molar-refractivity contribution in [1.82, 2.24) is 15.5 Å². The number of hydrogen-bond donors (Lipinski definition) is 3. The van der Waals surface area contributed by atoms with Crippen molar-refractivity contribution in [3.05, 3.63) is 60.3 Å². The largest absolute Gasteiger partial charge is 0.481 e. The predicted molar refractivity (Wildman–Crippen MR) is 115 cm³/mol. The molecule has 0 aliphatic carbocycles. The first-order valence-electron chi connectivity index (χ1n) is 10.1. The number of carboxylic acids is 1. The quantitative estimate of drug-likeness (QED) is 0.570. The van der Waals surface area contributed by atoms with Crippen LogP contribution in [0, 0.1) is 0 Å². The van der Waals surface area contributed by atoms with Gasteiger partial charge in [0.05, 0.1) is 12.5 Å². The molecule has 2 aromatic carbocycles. The van der Waals surface area contributed by atoms with E-state index in [1.807, 2.05) is 18.2 Å². The van der Waals surface area contributed by atoms with E-state index >= 15 is 0 Å². The van der Waals surface area contributed by atoms with Gasteiger partial charge in [-0.15, -0.1) is 0 Å². The summed E-state index contributed by atoms with van der Waals surface area (Å²) in [6.07, 6.45) is 2.11. The molecule has 2 aliphatic rings. The lowest BCUT2D eigenvalue weighted by molar-refractivity contribution is -0.138. The summed E-state index contributed by atoms with van der Waals surface area (Å²) >= 11 is 0. The second kappa shape index (κ2) is 9.03. The van der Waals surface area contributed by atoms with E-state index in [1.165, 1.54) is 24.2 Å². The minimum Gasteiger partial charge on any atom is -0.481 e. The standard InChI is InChI=1S/C23H21N3O7/c1-26-8-7-17(27)21(22(26)30)25-23(31)24-16(11-20(28)29)15-4-2-3-13(9-15)14-5-6-18-19(10-14)33-12-32-18/h2-10,16,21H,11-12H2,1H3,(H,28,29)(H2,24,25,31). The van der Waals surface area contributed by atoms with Gasteiger partial charge in [0, 0.05) is 19.3 Å². The van der Waals surface area contributed by atoms with Crippen LogP contribution in [-0.2, 0) is 14.4 Å². The van der Waals surface area contributed by atoms with Gasteiger partial charge in [-0.3, -0.25) is 14.4 Å². The average molecular weight is 451 g/mol. The average Bonchev–Trinajstić information content (AvgIpc) is 3.26. The first-order chi connectivity index (χ1) is 15.8. The van der Waals surface area contributed by atoms with Gasteiger partial charge in [-0.2, -0.15) is 0 Å². The molecule has 2 aromatic rings. The van der Waals surface area contributed by atoms with Crippen molar-refractivity contribution in [3.63, 3.8) is 0 Å². The minimum atomic E-state index is -1.37. The van der Waals surface area contributed by atoms with Crippen LogP contribution < -0.4 is 20.1 Å². The van der Waals surface area contributed by atoms with Crippen LogP contribution >= 0.6 is 0 Å². The zero-order valence-electron chi connectivity index (χ0n) is 17.6. The number of nitrogens with one attached hydrogen (secondary N) is 2. The van der Waals surface area contributed by atoms with Crippen molar-refractivity contribution in [2.24, 2.45) is 0 Å². The highest BCUT2D eigenvalue weighted by Gasteiger charge is 2.32. The van der Waals surface area contributed by atoms with Crippen LogP contribution in [0.25, 0.3) is 11.1 Å². The molecule has 0 spiro atoms. The number of benzene rings is 2. The Morgan fingerprint density at radius 1 is 1.12 bits per heavy atom. The summed E-state index contributed by atoms with van der Waals surface area (Å²) in [5.41, 5.74) is 2.15. The maximum atomic E-state index is 12.6. The number of aliphatic carboxylic acids is 1.